The Morgan fingerprint density at radius 3 is 1.23 bits per heavy atom. The summed E-state index contributed by atoms with van der Waals surface area (Å²) in [6, 6.07) is 105. The number of fused-ring (bicyclic) bond motifs is 20. The number of aromatic nitrogens is 1. The maximum Gasteiger partial charge on any atom is 0.145 e. The zero-order valence-corrected chi connectivity index (χ0v) is 47.3. The van der Waals surface area contributed by atoms with Crippen LogP contribution in [0.15, 0.2) is 294 Å². The summed E-state index contributed by atoms with van der Waals surface area (Å²) in [5.41, 5.74) is 25.7. The molecule has 4 heterocycles. The molecule has 404 valence electrons. The van der Waals surface area contributed by atoms with Crippen LogP contribution < -0.4 is 9.80 Å². The van der Waals surface area contributed by atoms with E-state index >= 15 is 0 Å². The van der Waals surface area contributed by atoms with Crippen molar-refractivity contribution in [3.8, 4) is 39.1 Å². The van der Waals surface area contributed by atoms with E-state index in [1.54, 1.807) is 0 Å². The van der Waals surface area contributed by atoms with Crippen LogP contribution in [-0.4, -0.2) is 4.57 Å². The third-order valence-electron chi connectivity index (χ3n) is 18.5. The molecule has 0 saturated carbocycles. The van der Waals surface area contributed by atoms with Crippen molar-refractivity contribution in [2.24, 2.45) is 0 Å². The van der Waals surface area contributed by atoms with Gasteiger partial charge in [-0.25, -0.2) is 0 Å². The topological polar surface area (TPSA) is 37.7 Å². The highest BCUT2D eigenvalue weighted by molar-refractivity contribution is 6.26. The molecule has 0 atom stereocenters. The predicted octanol–water partition coefficient (Wildman–Crippen LogP) is 22.1. The number of anilines is 6. The summed E-state index contributed by atoms with van der Waals surface area (Å²) < 4.78 is 17.8. The van der Waals surface area contributed by atoms with E-state index in [2.05, 4.69) is 313 Å². The lowest BCUT2D eigenvalue weighted by Gasteiger charge is -2.40. The molecule has 0 radical (unpaired) electrons. The number of aryl methyl sites for hydroxylation is 2. The highest BCUT2D eigenvalue weighted by atomic mass is 16.3. The third-order valence-corrected chi connectivity index (χ3v) is 18.5. The van der Waals surface area contributed by atoms with Crippen molar-refractivity contribution >= 4 is 99.8 Å². The number of hydrogen-bond donors (Lipinski definition) is 0. The molecule has 0 amide bonds. The number of benzene rings is 13. The summed E-state index contributed by atoms with van der Waals surface area (Å²) in [5.74, 6) is 0. The SMILES string of the molecule is Cc1ccc(N(c2ccc(-c3ccccc3)cc2)c2cc3c(c4oc5ccccc5c24)-c2c(cc(N(c4ccc(C)cc4)c4ccc(-c5ccccc5)cc4)c4c2oc2ccccc24)C32c3ccccc3-n3c4ccccc4c4cccc2c43)cc1. The van der Waals surface area contributed by atoms with Gasteiger partial charge in [0.2, 0.25) is 0 Å². The number of hydrogen-bond acceptors (Lipinski definition) is 4. The second kappa shape index (κ2) is 18.4. The Bertz CT molecular complexity index is 5150. The van der Waals surface area contributed by atoms with Crippen molar-refractivity contribution in [3.05, 3.63) is 318 Å². The summed E-state index contributed by atoms with van der Waals surface area (Å²) >= 11 is 0. The molecule has 1 aliphatic carbocycles. The standard InChI is InChI=1S/C81H53N3O2/c1-50-32-40-56(41-33-50)82(58-44-36-54(37-45-58)52-18-5-3-6-19-52)70-48-66-76(79-74(70)62-23-10-15-30-72(62)85-79)77-67(81(66)64-26-12-14-29-69(64)84-68-28-13-9-22-60(68)61-25-17-27-65(81)78(61)84)49-71(75-63-24-11-16-31-73(63)86-80(75)77)83(57-42-34-51(2)35-43-57)59-46-38-55(39-47-59)53-20-7-4-8-21-53/h3-49H,1-2H3. The van der Waals surface area contributed by atoms with E-state index in [0.717, 1.165) is 117 Å². The second-order valence-corrected chi connectivity index (χ2v) is 23.2. The van der Waals surface area contributed by atoms with E-state index in [0.29, 0.717) is 0 Å². The zero-order valence-electron chi connectivity index (χ0n) is 47.3. The molecule has 18 rings (SSSR count). The third kappa shape index (κ3) is 6.82. The van der Waals surface area contributed by atoms with Crippen molar-refractivity contribution in [1.82, 2.24) is 4.57 Å². The minimum atomic E-state index is -0.957. The molecule has 0 saturated heterocycles. The van der Waals surface area contributed by atoms with Gasteiger partial charge in [-0.1, -0.05) is 211 Å². The van der Waals surface area contributed by atoms with E-state index in [1.165, 1.54) is 55.2 Å². The zero-order chi connectivity index (χ0) is 56.8. The van der Waals surface area contributed by atoms with Gasteiger partial charge in [0.25, 0.3) is 0 Å². The molecule has 5 nitrogen and oxygen atoms in total. The minimum Gasteiger partial charge on any atom is -0.455 e. The minimum absolute atomic E-state index is 0.812. The number of para-hydroxylation sites is 5. The fourth-order valence-electron chi connectivity index (χ4n) is 14.7. The summed E-state index contributed by atoms with van der Waals surface area (Å²) in [4.78, 5) is 4.92. The Morgan fingerprint density at radius 2 is 0.721 bits per heavy atom. The van der Waals surface area contributed by atoms with Crippen LogP contribution in [0.5, 0.6) is 0 Å². The van der Waals surface area contributed by atoms with E-state index in [1.807, 2.05) is 0 Å². The summed E-state index contributed by atoms with van der Waals surface area (Å²) in [7, 11) is 0. The lowest BCUT2D eigenvalue weighted by Crippen LogP contribution is -2.33. The normalized spacial score (nSPS) is 12.9. The van der Waals surface area contributed by atoms with Crippen molar-refractivity contribution in [2.45, 2.75) is 19.3 Å². The van der Waals surface area contributed by atoms with Gasteiger partial charge in [0.05, 0.1) is 44.3 Å². The van der Waals surface area contributed by atoms with Gasteiger partial charge in [-0.05, 0) is 143 Å². The Kier molecular flexibility index (Phi) is 10.4. The van der Waals surface area contributed by atoms with Gasteiger partial charge in [-0.15, -0.1) is 0 Å². The van der Waals surface area contributed by atoms with Gasteiger partial charge in [0.1, 0.15) is 22.3 Å². The van der Waals surface area contributed by atoms with Crippen molar-refractivity contribution in [1.29, 1.82) is 0 Å². The smallest absolute Gasteiger partial charge is 0.145 e. The predicted molar refractivity (Wildman–Crippen MR) is 356 cm³/mol. The highest BCUT2D eigenvalue weighted by Gasteiger charge is 2.54. The quantitative estimate of drug-likeness (QED) is 0.152. The van der Waals surface area contributed by atoms with Gasteiger partial charge in [0.15, 0.2) is 0 Å². The maximum atomic E-state index is 7.64. The van der Waals surface area contributed by atoms with Gasteiger partial charge >= 0.3 is 0 Å². The number of rotatable bonds is 8. The second-order valence-electron chi connectivity index (χ2n) is 23.2. The first-order valence-electron chi connectivity index (χ1n) is 29.6. The number of nitrogens with zero attached hydrogens (tertiary/aromatic N) is 3. The first-order valence-corrected chi connectivity index (χ1v) is 29.6. The van der Waals surface area contributed by atoms with Crippen molar-refractivity contribution in [3.63, 3.8) is 0 Å². The maximum absolute atomic E-state index is 7.64. The molecule has 2 aliphatic rings. The molecule has 0 N–H and O–H groups in total. The molecule has 3 aromatic heterocycles. The summed E-state index contributed by atoms with van der Waals surface area (Å²) in [6.45, 7) is 4.32. The van der Waals surface area contributed by atoms with E-state index in [9.17, 15) is 0 Å². The molecule has 5 heteroatoms. The highest BCUT2D eigenvalue weighted by Crippen LogP contribution is 2.67. The molecule has 86 heavy (non-hydrogen) atoms. The molecule has 16 aromatic rings. The lowest BCUT2D eigenvalue weighted by atomic mass is 9.65. The van der Waals surface area contributed by atoms with Gasteiger partial charge in [0, 0.05) is 55.4 Å². The molecule has 1 aliphatic heterocycles. The van der Waals surface area contributed by atoms with Crippen LogP contribution in [-0.2, 0) is 5.41 Å². The van der Waals surface area contributed by atoms with E-state index < -0.39 is 5.41 Å². The summed E-state index contributed by atoms with van der Waals surface area (Å²) in [5, 5.41) is 6.55. The van der Waals surface area contributed by atoms with Crippen molar-refractivity contribution < 1.29 is 8.83 Å². The van der Waals surface area contributed by atoms with Crippen molar-refractivity contribution in [2.75, 3.05) is 9.80 Å². The van der Waals surface area contributed by atoms with Crippen LogP contribution in [0.25, 0.3) is 105 Å². The Hall–Kier alpha value is -11.1. The van der Waals surface area contributed by atoms with Crippen LogP contribution in [0, 0.1) is 13.8 Å². The van der Waals surface area contributed by atoms with Crippen LogP contribution in [0.4, 0.5) is 34.1 Å². The molecule has 0 unspecified atom stereocenters. The van der Waals surface area contributed by atoms with Gasteiger partial charge in [-0.3, -0.25) is 0 Å². The number of furan rings is 2. The first-order chi connectivity index (χ1) is 42.5. The fourth-order valence-corrected chi connectivity index (χ4v) is 14.7. The molecular weight excluding hydrogens is 1050 g/mol. The molecular formula is C81H53N3O2. The Labute approximate surface area is 497 Å². The van der Waals surface area contributed by atoms with Gasteiger partial charge < -0.3 is 23.2 Å². The largest absolute Gasteiger partial charge is 0.455 e. The summed E-state index contributed by atoms with van der Waals surface area (Å²) in [6.07, 6.45) is 0. The molecule has 1 spiro atoms. The Balaban J connectivity index is 1.03. The van der Waals surface area contributed by atoms with Crippen LogP contribution in [0.3, 0.4) is 0 Å². The molecule has 0 bridgehead atoms. The fraction of sp³-hybridized carbons (Fsp3) is 0.0370. The van der Waals surface area contributed by atoms with Crippen LogP contribution in [0.1, 0.15) is 33.4 Å². The monoisotopic (exact) mass is 1100 g/mol. The van der Waals surface area contributed by atoms with Crippen LogP contribution in [0.2, 0.25) is 0 Å². The van der Waals surface area contributed by atoms with E-state index in [-0.39, 0.29) is 0 Å². The molecule has 13 aromatic carbocycles. The van der Waals surface area contributed by atoms with Crippen LogP contribution >= 0.6 is 0 Å². The average Bonchev–Trinajstić information content (AvgIpc) is 1.47. The first kappa shape index (κ1) is 48.4. The van der Waals surface area contributed by atoms with Gasteiger partial charge in [-0.2, -0.15) is 0 Å². The average molecular weight is 1100 g/mol. The Morgan fingerprint density at radius 1 is 0.326 bits per heavy atom. The van der Waals surface area contributed by atoms with E-state index in [4.69, 9.17) is 8.83 Å². The lowest BCUT2D eigenvalue weighted by molar-refractivity contribution is 0.665. The molecule has 0 fully saturated rings.